The van der Waals surface area contributed by atoms with Crippen molar-refractivity contribution in [3.05, 3.63) is 70.8 Å². The molecule has 0 saturated carbocycles. The molecule has 0 amide bonds. The van der Waals surface area contributed by atoms with Gasteiger partial charge < -0.3 is 14.3 Å². The maximum atomic E-state index is 6.19. The summed E-state index contributed by atoms with van der Waals surface area (Å²) in [5, 5.41) is 25.6. The molecule has 3 aromatic heterocycles. The normalized spacial score (nSPS) is 11.1. The summed E-state index contributed by atoms with van der Waals surface area (Å²) in [5.41, 5.74) is 4.15. The monoisotopic (exact) mass is 496 g/mol. The minimum absolute atomic E-state index is 0.374. The van der Waals surface area contributed by atoms with Crippen LogP contribution in [-0.4, -0.2) is 25.6 Å². The number of nitrogens with one attached hydrogen (secondary N) is 1. The van der Waals surface area contributed by atoms with Crippen molar-refractivity contribution in [3.63, 3.8) is 0 Å². The molecule has 0 aliphatic heterocycles. The molecule has 8 nitrogen and oxygen atoms in total. The van der Waals surface area contributed by atoms with Gasteiger partial charge in [-0.15, -0.1) is 20.4 Å². The Hall–Kier alpha value is -3.21. The van der Waals surface area contributed by atoms with Gasteiger partial charge in [0.15, 0.2) is 4.34 Å². The molecule has 0 aliphatic carbocycles. The highest BCUT2D eigenvalue weighted by Gasteiger charge is 2.22. The number of hydrogen-bond donors (Lipinski definition) is 1. The predicted molar refractivity (Wildman–Crippen MR) is 129 cm³/mol. The number of aromatic nitrogens is 5. The molecule has 0 atom stereocenters. The number of hydrogen-bond acceptors (Lipinski definition) is 10. The molecule has 1 N–H and O–H groups in total. The van der Waals surface area contributed by atoms with E-state index in [9.17, 15) is 0 Å². The van der Waals surface area contributed by atoms with Gasteiger partial charge >= 0.3 is 0 Å². The Morgan fingerprint density at radius 3 is 2.70 bits per heavy atom. The first-order valence-electron chi connectivity index (χ1n) is 9.91. The minimum Gasteiger partial charge on any atom is -0.420 e. The summed E-state index contributed by atoms with van der Waals surface area (Å²) < 4.78 is 12.1. The largest absolute Gasteiger partial charge is 0.420 e. The van der Waals surface area contributed by atoms with E-state index in [0.29, 0.717) is 44.7 Å². The summed E-state index contributed by atoms with van der Waals surface area (Å²) in [4.78, 5) is 0. The zero-order valence-electron chi connectivity index (χ0n) is 17.6. The van der Waals surface area contributed by atoms with Crippen LogP contribution in [0.3, 0.4) is 0 Å². The Morgan fingerprint density at radius 2 is 1.85 bits per heavy atom. The predicted octanol–water partition coefficient (Wildman–Crippen LogP) is 6.55. The van der Waals surface area contributed by atoms with Crippen LogP contribution in [0.5, 0.6) is 0 Å². The number of nitrogens with zero attached hydrogens (tertiary/aromatic N) is 5. The van der Waals surface area contributed by atoms with Gasteiger partial charge in [0, 0.05) is 16.3 Å². The fourth-order valence-corrected chi connectivity index (χ4v) is 4.91. The Labute approximate surface area is 202 Å². The molecule has 5 aromatic rings. The average molecular weight is 497 g/mol. The van der Waals surface area contributed by atoms with Crippen LogP contribution in [-0.2, 0) is 5.75 Å². The highest BCUT2D eigenvalue weighted by Crippen LogP contribution is 2.35. The van der Waals surface area contributed by atoms with E-state index in [1.807, 2.05) is 62.4 Å². The molecule has 0 unspecified atom stereocenters. The van der Waals surface area contributed by atoms with Gasteiger partial charge in [0.2, 0.25) is 11.0 Å². The molecule has 0 aliphatic rings. The number of halogens is 1. The highest BCUT2D eigenvalue weighted by atomic mass is 35.5. The van der Waals surface area contributed by atoms with Crippen LogP contribution in [0.25, 0.3) is 22.7 Å². The molecule has 3 heterocycles. The Balaban J connectivity index is 1.28. The number of anilines is 2. The van der Waals surface area contributed by atoms with Gasteiger partial charge in [0.1, 0.15) is 17.0 Å². The van der Waals surface area contributed by atoms with Gasteiger partial charge in [-0.2, -0.15) is 0 Å². The van der Waals surface area contributed by atoms with Crippen molar-refractivity contribution in [1.29, 1.82) is 0 Å². The topological polar surface area (TPSA) is 103 Å². The lowest BCUT2D eigenvalue weighted by molar-refractivity contribution is 0.399. The van der Waals surface area contributed by atoms with Gasteiger partial charge in [0.25, 0.3) is 5.89 Å². The lowest BCUT2D eigenvalue weighted by Gasteiger charge is -2.06. The molecular weight excluding hydrogens is 480 g/mol. The molecule has 0 fully saturated rings. The average Bonchev–Trinajstić information content (AvgIpc) is 3.56. The second kappa shape index (κ2) is 9.34. The van der Waals surface area contributed by atoms with Crippen LogP contribution < -0.4 is 5.32 Å². The van der Waals surface area contributed by atoms with Crippen molar-refractivity contribution in [2.45, 2.75) is 23.9 Å². The molecular formula is C22H17ClN6O2S2. The summed E-state index contributed by atoms with van der Waals surface area (Å²) in [6, 6.07) is 15.4. The second-order valence-electron chi connectivity index (χ2n) is 7.03. The van der Waals surface area contributed by atoms with Crippen LogP contribution in [0.4, 0.5) is 10.8 Å². The van der Waals surface area contributed by atoms with Crippen LogP contribution in [0, 0.1) is 13.8 Å². The third-order valence-corrected chi connectivity index (χ3v) is 7.19. The summed E-state index contributed by atoms with van der Waals surface area (Å²) in [7, 11) is 0. The lowest BCUT2D eigenvalue weighted by atomic mass is 10.1. The van der Waals surface area contributed by atoms with Gasteiger partial charge in [-0.05, 0) is 31.5 Å². The summed E-state index contributed by atoms with van der Waals surface area (Å²) in [5.74, 6) is 1.93. The molecule has 5 rings (SSSR count). The minimum atomic E-state index is 0.374. The summed E-state index contributed by atoms with van der Waals surface area (Å²) in [6.45, 7) is 3.78. The van der Waals surface area contributed by atoms with Crippen LogP contribution in [0.2, 0.25) is 5.02 Å². The van der Waals surface area contributed by atoms with E-state index in [4.69, 9.17) is 20.5 Å². The maximum absolute atomic E-state index is 6.19. The van der Waals surface area contributed by atoms with Crippen molar-refractivity contribution in [3.8, 4) is 22.7 Å². The number of rotatable bonds is 7. The van der Waals surface area contributed by atoms with Gasteiger partial charge in [-0.25, -0.2) is 0 Å². The zero-order chi connectivity index (χ0) is 22.8. The van der Waals surface area contributed by atoms with Crippen molar-refractivity contribution in [1.82, 2.24) is 25.6 Å². The number of thioether (sulfide) groups is 1. The highest BCUT2D eigenvalue weighted by molar-refractivity contribution is 8.00. The Bertz CT molecular complexity index is 1400. The molecule has 0 spiro atoms. The molecule has 11 heteroatoms. The van der Waals surface area contributed by atoms with E-state index in [0.717, 1.165) is 21.2 Å². The van der Waals surface area contributed by atoms with Gasteiger partial charge in [0.05, 0.1) is 5.75 Å². The zero-order valence-corrected chi connectivity index (χ0v) is 20.0. The standard InChI is InChI=1S/C22H17ClN6O2S2/c1-12-15(23)9-6-10-16(12)24-21-27-28-22(33-21)32-11-17-25-26-20(30-17)18-13(2)31-29-19(18)14-7-4-3-5-8-14/h3-10H,11H2,1-2H3,(H,24,27). The SMILES string of the molecule is Cc1onc(-c2ccccc2)c1-c1nnc(CSc2nnc(Nc3cccc(Cl)c3C)s2)o1. The fourth-order valence-electron chi connectivity index (χ4n) is 3.13. The lowest BCUT2D eigenvalue weighted by Crippen LogP contribution is -1.92. The first-order chi connectivity index (χ1) is 16.1. The molecule has 0 saturated heterocycles. The van der Waals surface area contributed by atoms with Gasteiger partial charge in [-0.3, -0.25) is 0 Å². The molecule has 0 radical (unpaired) electrons. The van der Waals surface area contributed by atoms with Crippen LogP contribution in [0.1, 0.15) is 17.2 Å². The van der Waals surface area contributed by atoms with Crippen molar-refractivity contribution >= 4 is 45.5 Å². The third-order valence-electron chi connectivity index (χ3n) is 4.83. The van der Waals surface area contributed by atoms with Crippen molar-refractivity contribution in [2.75, 3.05) is 5.32 Å². The number of aryl methyl sites for hydroxylation is 1. The summed E-state index contributed by atoms with van der Waals surface area (Å²) in [6.07, 6.45) is 0. The van der Waals surface area contributed by atoms with E-state index in [1.165, 1.54) is 23.1 Å². The second-order valence-corrected chi connectivity index (χ2v) is 9.64. The molecule has 33 heavy (non-hydrogen) atoms. The van der Waals surface area contributed by atoms with E-state index in [1.54, 1.807) is 0 Å². The van der Waals surface area contributed by atoms with Gasteiger partial charge in [-0.1, -0.05) is 76.3 Å². The van der Waals surface area contributed by atoms with Crippen LogP contribution >= 0.6 is 34.7 Å². The fraction of sp³-hybridized carbons (Fsp3) is 0.136. The van der Waals surface area contributed by atoms with E-state index < -0.39 is 0 Å². The maximum Gasteiger partial charge on any atom is 0.253 e. The quantitative estimate of drug-likeness (QED) is 0.251. The Morgan fingerprint density at radius 1 is 1.00 bits per heavy atom. The molecule has 0 bridgehead atoms. The first kappa shape index (κ1) is 21.6. The van der Waals surface area contributed by atoms with Crippen LogP contribution in [0.15, 0.2) is 61.8 Å². The number of benzene rings is 2. The van der Waals surface area contributed by atoms with E-state index in [2.05, 4.69) is 30.9 Å². The van der Waals surface area contributed by atoms with E-state index in [-0.39, 0.29) is 0 Å². The third kappa shape index (κ3) is 4.63. The first-order valence-corrected chi connectivity index (χ1v) is 12.1. The Kier molecular flexibility index (Phi) is 6.12. The molecule has 2 aromatic carbocycles. The summed E-state index contributed by atoms with van der Waals surface area (Å²) >= 11 is 9.10. The van der Waals surface area contributed by atoms with Crippen molar-refractivity contribution < 1.29 is 8.94 Å². The van der Waals surface area contributed by atoms with E-state index >= 15 is 0 Å². The smallest absolute Gasteiger partial charge is 0.253 e. The van der Waals surface area contributed by atoms with Crippen molar-refractivity contribution in [2.24, 2.45) is 0 Å². The molecule has 166 valence electrons.